The highest BCUT2D eigenvalue weighted by Crippen LogP contribution is 2.05. The lowest BCUT2D eigenvalue weighted by Gasteiger charge is -2.08. The maximum atomic E-state index is 11.8. The molecule has 0 heterocycles. The summed E-state index contributed by atoms with van der Waals surface area (Å²) in [6.07, 6.45) is 0.937. The number of benzene rings is 2. The minimum Gasteiger partial charge on any atom is -0.355 e. The van der Waals surface area contributed by atoms with Crippen molar-refractivity contribution in [2.75, 3.05) is 13.1 Å². The van der Waals surface area contributed by atoms with Gasteiger partial charge >= 0.3 is 0 Å². The average Bonchev–Trinajstić information content (AvgIpc) is 2.69. The van der Waals surface area contributed by atoms with Gasteiger partial charge in [-0.3, -0.25) is 9.59 Å². The van der Waals surface area contributed by atoms with Gasteiger partial charge in [-0.2, -0.15) is 0 Å². The van der Waals surface area contributed by atoms with Crippen LogP contribution in [0.25, 0.3) is 0 Å². The van der Waals surface area contributed by atoms with Gasteiger partial charge in [-0.15, -0.1) is 0 Å². The molecule has 2 aromatic rings. The standard InChI is InChI=1S/C21H22N2O2S2/c24-20(22-13-11-18(26)16-7-3-1-4-8-16)15-21(25)23-14-12-19(27)17-9-5-2-6-10-17/h1-10H,11-15H2,(H,22,24)(H,23,25). The Balaban J connectivity index is 1.60. The van der Waals surface area contributed by atoms with Crippen LogP contribution in [0.4, 0.5) is 0 Å². The van der Waals surface area contributed by atoms with E-state index < -0.39 is 0 Å². The van der Waals surface area contributed by atoms with Gasteiger partial charge in [0.1, 0.15) is 6.42 Å². The quantitative estimate of drug-likeness (QED) is 0.367. The predicted molar refractivity (Wildman–Crippen MR) is 116 cm³/mol. The molecule has 2 N–H and O–H groups in total. The second-order valence-electron chi connectivity index (χ2n) is 5.96. The highest BCUT2D eigenvalue weighted by molar-refractivity contribution is 7.81. The van der Waals surface area contributed by atoms with Crippen molar-refractivity contribution in [3.8, 4) is 0 Å². The number of amides is 2. The number of hydrogen-bond donors (Lipinski definition) is 2. The SMILES string of the molecule is O=C(CC(=O)NCCC(=S)c1ccccc1)NCCC(=S)c1ccccc1. The summed E-state index contributed by atoms with van der Waals surface area (Å²) in [4.78, 5) is 25.3. The number of hydrogen-bond acceptors (Lipinski definition) is 4. The van der Waals surface area contributed by atoms with E-state index in [0.717, 1.165) is 20.9 Å². The zero-order valence-corrected chi connectivity index (χ0v) is 16.6. The minimum atomic E-state index is -0.311. The molecule has 0 aromatic heterocycles. The Morgan fingerprint density at radius 2 is 1.04 bits per heavy atom. The van der Waals surface area contributed by atoms with Crippen LogP contribution in [-0.2, 0) is 9.59 Å². The van der Waals surface area contributed by atoms with E-state index in [1.54, 1.807) is 0 Å². The smallest absolute Gasteiger partial charge is 0.229 e. The zero-order chi connectivity index (χ0) is 19.5. The molecule has 0 aliphatic carbocycles. The van der Waals surface area contributed by atoms with E-state index in [9.17, 15) is 9.59 Å². The lowest BCUT2D eigenvalue weighted by atomic mass is 10.1. The molecule has 0 aliphatic heterocycles. The molecule has 0 fully saturated rings. The monoisotopic (exact) mass is 398 g/mol. The van der Waals surface area contributed by atoms with Crippen molar-refractivity contribution >= 4 is 46.0 Å². The summed E-state index contributed by atoms with van der Waals surface area (Å²) in [6.45, 7) is 0.829. The summed E-state index contributed by atoms with van der Waals surface area (Å²) in [6, 6.07) is 19.3. The second kappa shape index (κ2) is 11.3. The average molecular weight is 399 g/mol. The van der Waals surface area contributed by atoms with Crippen molar-refractivity contribution in [1.82, 2.24) is 10.6 Å². The lowest BCUT2D eigenvalue weighted by molar-refractivity contribution is -0.129. The Hall–Kier alpha value is -2.44. The zero-order valence-electron chi connectivity index (χ0n) is 14.9. The summed E-state index contributed by atoms with van der Waals surface area (Å²) in [7, 11) is 0. The fourth-order valence-corrected chi connectivity index (χ4v) is 2.91. The number of rotatable bonds is 10. The molecule has 0 saturated heterocycles. The van der Waals surface area contributed by atoms with E-state index in [0.29, 0.717) is 25.9 Å². The van der Waals surface area contributed by atoms with Gasteiger partial charge in [0.15, 0.2) is 0 Å². The summed E-state index contributed by atoms with van der Waals surface area (Å²) in [5, 5.41) is 5.45. The maximum absolute atomic E-state index is 11.8. The van der Waals surface area contributed by atoms with Gasteiger partial charge in [0.05, 0.1) is 0 Å². The van der Waals surface area contributed by atoms with Crippen LogP contribution in [0.5, 0.6) is 0 Å². The molecule has 0 unspecified atom stereocenters. The molecule has 27 heavy (non-hydrogen) atoms. The molecule has 2 amide bonds. The van der Waals surface area contributed by atoms with Gasteiger partial charge < -0.3 is 10.6 Å². The number of carbonyl (C=O) groups excluding carboxylic acids is 2. The first-order valence-corrected chi connectivity index (χ1v) is 9.58. The van der Waals surface area contributed by atoms with E-state index in [-0.39, 0.29) is 18.2 Å². The first kappa shape index (κ1) is 20.9. The summed E-state index contributed by atoms with van der Waals surface area (Å²) >= 11 is 10.7. The molecule has 2 rings (SSSR count). The van der Waals surface area contributed by atoms with Gasteiger partial charge in [-0.05, 0) is 11.1 Å². The van der Waals surface area contributed by atoms with Crippen LogP contribution in [0.1, 0.15) is 30.4 Å². The molecule has 140 valence electrons. The van der Waals surface area contributed by atoms with E-state index in [1.807, 2.05) is 60.7 Å². The predicted octanol–water partition coefficient (Wildman–Crippen LogP) is 3.23. The van der Waals surface area contributed by atoms with Gasteiger partial charge in [-0.1, -0.05) is 85.1 Å². The van der Waals surface area contributed by atoms with Crippen molar-refractivity contribution in [3.63, 3.8) is 0 Å². The van der Waals surface area contributed by atoms with Crippen LogP contribution in [0, 0.1) is 0 Å². The fourth-order valence-electron chi connectivity index (χ4n) is 2.44. The summed E-state index contributed by atoms with van der Waals surface area (Å²) in [5.74, 6) is -0.622. The number of carbonyl (C=O) groups is 2. The van der Waals surface area contributed by atoms with E-state index in [2.05, 4.69) is 10.6 Å². The van der Waals surface area contributed by atoms with E-state index in [1.165, 1.54) is 0 Å². The van der Waals surface area contributed by atoms with Gasteiger partial charge in [0.2, 0.25) is 11.8 Å². The van der Waals surface area contributed by atoms with Crippen LogP contribution in [0.2, 0.25) is 0 Å². The summed E-state index contributed by atoms with van der Waals surface area (Å²) in [5.41, 5.74) is 1.96. The molecule has 0 aliphatic rings. The number of thiocarbonyl (C=S) groups is 2. The van der Waals surface area contributed by atoms with Crippen LogP contribution >= 0.6 is 24.4 Å². The normalized spacial score (nSPS) is 10.1. The van der Waals surface area contributed by atoms with Crippen LogP contribution in [-0.4, -0.2) is 34.6 Å². The van der Waals surface area contributed by atoms with Crippen molar-refractivity contribution < 1.29 is 9.59 Å². The first-order chi connectivity index (χ1) is 13.1. The molecule has 0 spiro atoms. The Morgan fingerprint density at radius 3 is 1.41 bits per heavy atom. The third kappa shape index (κ3) is 7.76. The molecule has 0 saturated carbocycles. The summed E-state index contributed by atoms with van der Waals surface area (Å²) < 4.78 is 0. The second-order valence-corrected chi connectivity index (χ2v) is 6.94. The Kier molecular flexibility index (Phi) is 8.74. The van der Waals surface area contributed by atoms with Crippen molar-refractivity contribution in [2.24, 2.45) is 0 Å². The molecule has 0 bridgehead atoms. The molecule has 2 aromatic carbocycles. The fraction of sp³-hybridized carbons (Fsp3) is 0.238. The third-order valence-corrected chi connectivity index (χ3v) is 4.74. The van der Waals surface area contributed by atoms with Gasteiger partial charge in [0.25, 0.3) is 0 Å². The Labute approximate surface area is 170 Å². The molecular weight excluding hydrogens is 376 g/mol. The van der Waals surface area contributed by atoms with Gasteiger partial charge in [0, 0.05) is 35.7 Å². The Morgan fingerprint density at radius 1 is 0.667 bits per heavy atom. The maximum Gasteiger partial charge on any atom is 0.229 e. The van der Waals surface area contributed by atoms with Crippen molar-refractivity contribution in [1.29, 1.82) is 0 Å². The number of nitrogens with one attached hydrogen (secondary N) is 2. The topological polar surface area (TPSA) is 58.2 Å². The molecule has 0 atom stereocenters. The first-order valence-electron chi connectivity index (χ1n) is 8.76. The van der Waals surface area contributed by atoms with Crippen molar-refractivity contribution in [3.05, 3.63) is 71.8 Å². The third-order valence-electron chi connectivity index (χ3n) is 3.86. The molecule has 4 nitrogen and oxygen atoms in total. The highest BCUT2D eigenvalue weighted by atomic mass is 32.1. The lowest BCUT2D eigenvalue weighted by Crippen LogP contribution is -2.33. The Bertz CT molecular complexity index is 725. The van der Waals surface area contributed by atoms with Crippen LogP contribution < -0.4 is 10.6 Å². The minimum absolute atomic E-state index is 0.198. The van der Waals surface area contributed by atoms with E-state index in [4.69, 9.17) is 24.4 Å². The van der Waals surface area contributed by atoms with Gasteiger partial charge in [-0.25, -0.2) is 0 Å². The molecule has 0 radical (unpaired) electrons. The van der Waals surface area contributed by atoms with Crippen LogP contribution in [0.3, 0.4) is 0 Å². The highest BCUT2D eigenvalue weighted by Gasteiger charge is 2.10. The largest absolute Gasteiger partial charge is 0.355 e. The molecule has 6 heteroatoms. The van der Waals surface area contributed by atoms with E-state index >= 15 is 0 Å². The van der Waals surface area contributed by atoms with Crippen molar-refractivity contribution in [2.45, 2.75) is 19.3 Å². The van der Waals surface area contributed by atoms with Crippen LogP contribution in [0.15, 0.2) is 60.7 Å². The molecular formula is C21H22N2O2S2.